The van der Waals surface area contributed by atoms with Crippen LogP contribution in [0.1, 0.15) is 31.1 Å². The highest BCUT2D eigenvalue weighted by Gasteiger charge is 2.57. The topological polar surface area (TPSA) is 136 Å². The summed E-state index contributed by atoms with van der Waals surface area (Å²) in [7, 11) is 1.06. The molecule has 0 saturated carbocycles. The Morgan fingerprint density at radius 3 is 1.68 bits per heavy atom. The molecule has 0 heterocycles. The molecule has 3 aromatic rings. The first-order valence-corrected chi connectivity index (χ1v) is 11.4. The third kappa shape index (κ3) is 4.95. The van der Waals surface area contributed by atoms with Gasteiger partial charge in [-0.25, -0.2) is 14.4 Å². The van der Waals surface area contributed by atoms with Crippen LogP contribution in [0.3, 0.4) is 0 Å². The van der Waals surface area contributed by atoms with Gasteiger partial charge in [-0.1, -0.05) is 66.7 Å². The summed E-state index contributed by atoms with van der Waals surface area (Å²) in [5.41, 5.74) is -1.03. The molecule has 0 saturated heterocycles. The van der Waals surface area contributed by atoms with E-state index in [2.05, 4.69) is 0 Å². The molecule has 2 unspecified atom stereocenters. The Hall–Kier alpha value is -5.02. The van der Waals surface area contributed by atoms with Gasteiger partial charge in [0.15, 0.2) is 11.5 Å². The minimum atomic E-state index is -2.59. The molecule has 1 aliphatic carbocycles. The number of carboxylic acids is 1. The van der Waals surface area contributed by atoms with E-state index in [1.165, 1.54) is 36.4 Å². The molecule has 38 heavy (non-hydrogen) atoms. The highest BCUT2D eigenvalue weighted by molar-refractivity contribution is 6.15. The number of Topliss-reactive ketones (excluding diaryl/α,β-unsaturated/α-hetero) is 1. The number of esters is 2. The Bertz CT molecular complexity index is 1430. The van der Waals surface area contributed by atoms with E-state index in [1.54, 1.807) is 54.6 Å². The number of carbonyl (C=O) groups is 4. The number of carbonyl (C=O) groups excluding carboxylic acids is 3. The molecule has 0 spiro atoms. The van der Waals surface area contributed by atoms with E-state index in [0.717, 1.165) is 13.2 Å². The van der Waals surface area contributed by atoms with Crippen molar-refractivity contribution in [3.63, 3.8) is 0 Å². The summed E-state index contributed by atoms with van der Waals surface area (Å²) in [6, 6.07) is 23.0. The number of aliphatic hydroxyl groups is 1. The maximum atomic E-state index is 13.7. The Balaban J connectivity index is 1.90. The van der Waals surface area contributed by atoms with Crippen LogP contribution in [0.5, 0.6) is 0 Å². The summed E-state index contributed by atoms with van der Waals surface area (Å²) in [6.45, 7) is 0. The normalized spacial score (nSPS) is 18.8. The zero-order valence-corrected chi connectivity index (χ0v) is 20.1. The van der Waals surface area contributed by atoms with Gasteiger partial charge >= 0.3 is 23.7 Å². The summed E-state index contributed by atoms with van der Waals surface area (Å²) in [5, 5.41) is 21.0. The number of carboxylic acid groups (broad SMARTS) is 1. The molecular formula is C29H22O9. The predicted octanol–water partition coefficient (Wildman–Crippen LogP) is 4.13. The number of hydrogen-bond donors (Lipinski definition) is 2. The van der Waals surface area contributed by atoms with Crippen LogP contribution in [0, 0.1) is 0 Å². The van der Waals surface area contributed by atoms with Crippen molar-refractivity contribution in [2.75, 3.05) is 7.11 Å². The monoisotopic (exact) mass is 514 g/mol. The average Bonchev–Trinajstić information content (AvgIpc) is 2.95. The molecule has 192 valence electrons. The molecule has 2 atom stereocenters. The van der Waals surface area contributed by atoms with Gasteiger partial charge in [-0.2, -0.15) is 0 Å². The van der Waals surface area contributed by atoms with Crippen molar-refractivity contribution in [2.45, 2.75) is 11.9 Å². The van der Waals surface area contributed by atoms with E-state index in [-0.39, 0.29) is 16.7 Å². The Labute approximate surface area is 217 Å². The van der Waals surface area contributed by atoms with Crippen molar-refractivity contribution < 1.29 is 43.6 Å². The van der Waals surface area contributed by atoms with Crippen molar-refractivity contribution in [2.24, 2.45) is 0 Å². The van der Waals surface area contributed by atoms with Gasteiger partial charge in [0.1, 0.15) is 0 Å². The Morgan fingerprint density at radius 2 is 1.21 bits per heavy atom. The summed E-state index contributed by atoms with van der Waals surface area (Å²) in [6.07, 6.45) is -1.26. The summed E-state index contributed by atoms with van der Waals surface area (Å²) in [4.78, 5) is 52.2. The quantitative estimate of drug-likeness (QED) is 0.258. The standard InChI is InChI=1S/C29H22O9/c1-36-29(38-28(35)20-15-9-4-10-16-20)22(30)17-21(26(32)33)23(24(31)18-11-5-2-6-12-18)25(29)37-27(34)19-13-7-3-8-14-19/h2-17,25,30H,1H3,(H,32,33). The van der Waals surface area contributed by atoms with Crippen LogP contribution in [0.25, 0.3) is 0 Å². The molecule has 2 N–H and O–H groups in total. The summed E-state index contributed by atoms with van der Waals surface area (Å²) >= 11 is 0. The van der Waals surface area contributed by atoms with E-state index >= 15 is 0 Å². The van der Waals surface area contributed by atoms with Crippen LogP contribution >= 0.6 is 0 Å². The molecule has 3 aromatic carbocycles. The molecular weight excluding hydrogens is 492 g/mol. The summed E-state index contributed by atoms with van der Waals surface area (Å²) in [5.74, 6) is -7.87. The van der Waals surface area contributed by atoms with Crippen molar-refractivity contribution in [3.8, 4) is 0 Å². The van der Waals surface area contributed by atoms with E-state index in [4.69, 9.17) is 14.2 Å². The van der Waals surface area contributed by atoms with E-state index < -0.39 is 52.5 Å². The van der Waals surface area contributed by atoms with Crippen LogP contribution in [0.4, 0.5) is 0 Å². The van der Waals surface area contributed by atoms with Crippen LogP contribution < -0.4 is 0 Å². The highest BCUT2D eigenvalue weighted by Crippen LogP contribution is 2.40. The van der Waals surface area contributed by atoms with Gasteiger partial charge in [0.2, 0.25) is 6.10 Å². The van der Waals surface area contributed by atoms with Crippen molar-refractivity contribution in [1.29, 1.82) is 0 Å². The SMILES string of the molecule is COC1(OC(=O)c2ccccc2)C(O)=CC(C(=O)O)=C(C(=O)c2ccccc2)C1OC(=O)c1ccccc1. The fourth-order valence-corrected chi connectivity index (χ4v) is 3.96. The molecule has 9 nitrogen and oxygen atoms in total. The van der Waals surface area contributed by atoms with Gasteiger partial charge in [0, 0.05) is 12.7 Å². The van der Waals surface area contributed by atoms with Crippen LogP contribution in [-0.4, -0.2) is 52.9 Å². The fraction of sp³-hybridized carbons (Fsp3) is 0.103. The van der Waals surface area contributed by atoms with Gasteiger partial charge < -0.3 is 24.4 Å². The molecule has 9 heteroatoms. The third-order valence-corrected chi connectivity index (χ3v) is 5.84. The number of aliphatic carboxylic acids is 1. The van der Waals surface area contributed by atoms with Gasteiger partial charge in [-0.15, -0.1) is 0 Å². The minimum absolute atomic E-state index is 0.0596. The largest absolute Gasteiger partial charge is 0.506 e. The number of ketones is 1. The lowest BCUT2D eigenvalue weighted by atomic mass is 9.84. The van der Waals surface area contributed by atoms with Crippen LogP contribution in [0.2, 0.25) is 0 Å². The van der Waals surface area contributed by atoms with Gasteiger partial charge in [-0.05, 0) is 30.3 Å². The Morgan fingerprint density at radius 1 is 0.737 bits per heavy atom. The van der Waals surface area contributed by atoms with Gasteiger partial charge in [0.25, 0.3) is 0 Å². The van der Waals surface area contributed by atoms with Crippen LogP contribution in [0.15, 0.2) is 114 Å². The van der Waals surface area contributed by atoms with Crippen molar-refractivity contribution in [1.82, 2.24) is 0 Å². The minimum Gasteiger partial charge on any atom is -0.506 e. The highest BCUT2D eigenvalue weighted by atomic mass is 16.7. The van der Waals surface area contributed by atoms with Crippen LogP contribution in [-0.2, 0) is 19.0 Å². The van der Waals surface area contributed by atoms with Crippen molar-refractivity contribution >= 4 is 23.7 Å². The molecule has 0 fully saturated rings. The van der Waals surface area contributed by atoms with Crippen molar-refractivity contribution in [3.05, 3.63) is 131 Å². The number of benzene rings is 3. The smallest absolute Gasteiger partial charge is 0.341 e. The maximum absolute atomic E-state index is 13.7. The van der Waals surface area contributed by atoms with E-state index in [0.29, 0.717) is 0 Å². The zero-order chi connectivity index (χ0) is 27.3. The molecule has 1 aliphatic rings. The number of ether oxygens (including phenoxy) is 3. The van der Waals surface area contributed by atoms with E-state index in [9.17, 15) is 29.4 Å². The molecule has 0 amide bonds. The Kier molecular flexibility index (Phi) is 7.50. The average molecular weight is 514 g/mol. The number of hydrogen-bond acceptors (Lipinski definition) is 8. The second-order valence-corrected chi connectivity index (χ2v) is 8.14. The first-order valence-electron chi connectivity index (χ1n) is 11.4. The molecule has 4 rings (SSSR count). The first-order chi connectivity index (χ1) is 18.3. The summed E-state index contributed by atoms with van der Waals surface area (Å²) < 4.78 is 16.7. The fourth-order valence-electron chi connectivity index (χ4n) is 3.96. The molecule has 0 bridgehead atoms. The van der Waals surface area contributed by atoms with Gasteiger partial charge in [-0.3, -0.25) is 4.79 Å². The lowest BCUT2D eigenvalue weighted by Crippen LogP contribution is -2.55. The second-order valence-electron chi connectivity index (χ2n) is 8.14. The third-order valence-electron chi connectivity index (χ3n) is 5.84. The molecule has 0 radical (unpaired) electrons. The van der Waals surface area contributed by atoms with E-state index in [1.807, 2.05) is 0 Å². The lowest BCUT2D eigenvalue weighted by Gasteiger charge is -2.40. The maximum Gasteiger partial charge on any atom is 0.341 e. The number of aliphatic hydroxyl groups excluding tert-OH is 1. The molecule has 0 aromatic heterocycles. The predicted molar refractivity (Wildman–Crippen MR) is 133 cm³/mol. The first kappa shape index (κ1) is 26.1. The van der Waals surface area contributed by atoms with Gasteiger partial charge in [0.05, 0.1) is 22.3 Å². The zero-order valence-electron chi connectivity index (χ0n) is 20.1. The molecule has 0 aliphatic heterocycles. The second kappa shape index (κ2) is 10.9. The number of rotatable bonds is 8. The number of methoxy groups -OCH3 is 1. The lowest BCUT2D eigenvalue weighted by molar-refractivity contribution is -0.224.